The molecule has 0 aliphatic heterocycles. The molecule has 6 heteroatoms. The Hall–Kier alpha value is -1.95. The van der Waals surface area contributed by atoms with Crippen molar-refractivity contribution in [3.8, 4) is 0 Å². The van der Waals surface area contributed by atoms with Crippen LogP contribution in [0.25, 0.3) is 5.65 Å². The summed E-state index contributed by atoms with van der Waals surface area (Å²) >= 11 is 1.60. The lowest BCUT2D eigenvalue weighted by Gasteiger charge is -2.06. The van der Waals surface area contributed by atoms with Crippen molar-refractivity contribution in [3.63, 3.8) is 0 Å². The van der Waals surface area contributed by atoms with Crippen molar-refractivity contribution in [2.75, 3.05) is 0 Å². The van der Waals surface area contributed by atoms with Crippen molar-refractivity contribution in [2.45, 2.75) is 29.7 Å². The molecule has 1 aromatic carbocycles. The molecule has 2 heterocycles. The van der Waals surface area contributed by atoms with E-state index in [1.807, 2.05) is 12.1 Å². The monoisotopic (exact) mass is 271 g/mol. The van der Waals surface area contributed by atoms with Crippen molar-refractivity contribution in [1.29, 1.82) is 0 Å². The Labute approximate surface area is 115 Å². The molecule has 3 rings (SSSR count). The van der Waals surface area contributed by atoms with Crippen LogP contribution >= 0.6 is 11.8 Å². The van der Waals surface area contributed by atoms with Crippen LogP contribution in [0.2, 0.25) is 0 Å². The Kier molecular flexibility index (Phi) is 3.16. The molecular weight excluding hydrogens is 258 g/mol. The highest BCUT2D eigenvalue weighted by Gasteiger charge is 2.04. The fourth-order valence-corrected chi connectivity index (χ4v) is 2.50. The van der Waals surface area contributed by atoms with E-state index in [0.29, 0.717) is 11.6 Å². The molecule has 96 valence electrons. The summed E-state index contributed by atoms with van der Waals surface area (Å²) in [5.41, 5.74) is 1.99. The average molecular weight is 271 g/mol. The highest BCUT2D eigenvalue weighted by Crippen LogP contribution is 2.27. The standard InChI is InChI=1S/C13H13N5S/c1-9(2)10-3-5-11(6-4-10)19-13-8-7-12-14-16-17-18(12)15-13/h3-9H,1-2H3. The number of hydrogen-bond acceptors (Lipinski definition) is 5. The van der Waals surface area contributed by atoms with Crippen LogP contribution in [-0.2, 0) is 0 Å². The van der Waals surface area contributed by atoms with Gasteiger partial charge in [-0.25, -0.2) is 0 Å². The molecule has 0 atom stereocenters. The zero-order chi connectivity index (χ0) is 13.2. The maximum atomic E-state index is 4.33. The third kappa shape index (κ3) is 2.58. The molecular formula is C13H13N5S. The Morgan fingerprint density at radius 1 is 1.05 bits per heavy atom. The third-order valence-corrected chi connectivity index (χ3v) is 3.75. The second kappa shape index (κ2) is 4.97. The van der Waals surface area contributed by atoms with E-state index in [1.165, 1.54) is 10.2 Å². The largest absolute Gasteiger partial charge is 0.200 e. The number of nitrogens with zero attached hydrogens (tertiary/aromatic N) is 5. The van der Waals surface area contributed by atoms with E-state index in [9.17, 15) is 0 Å². The molecule has 0 spiro atoms. The number of rotatable bonds is 3. The van der Waals surface area contributed by atoms with Gasteiger partial charge >= 0.3 is 0 Å². The normalized spacial score (nSPS) is 11.3. The van der Waals surface area contributed by atoms with Crippen LogP contribution in [0.15, 0.2) is 46.3 Å². The molecule has 0 amide bonds. The second-order valence-electron chi connectivity index (χ2n) is 4.52. The lowest BCUT2D eigenvalue weighted by molar-refractivity contribution is 0.702. The van der Waals surface area contributed by atoms with Crippen LogP contribution in [0.3, 0.4) is 0 Å². The van der Waals surface area contributed by atoms with Gasteiger partial charge < -0.3 is 0 Å². The zero-order valence-corrected chi connectivity index (χ0v) is 11.5. The summed E-state index contributed by atoms with van der Waals surface area (Å²) in [4.78, 5) is 1.16. The smallest absolute Gasteiger partial charge is 0.140 e. The fourth-order valence-electron chi connectivity index (χ4n) is 1.73. The van der Waals surface area contributed by atoms with E-state index >= 15 is 0 Å². The van der Waals surface area contributed by atoms with Crippen LogP contribution in [0.1, 0.15) is 25.3 Å². The summed E-state index contributed by atoms with van der Waals surface area (Å²) in [6.07, 6.45) is 0. The number of fused-ring (bicyclic) bond motifs is 1. The maximum absolute atomic E-state index is 4.33. The van der Waals surface area contributed by atoms with Crippen molar-refractivity contribution in [1.82, 2.24) is 25.3 Å². The zero-order valence-electron chi connectivity index (χ0n) is 10.7. The first-order valence-corrected chi connectivity index (χ1v) is 6.87. The summed E-state index contributed by atoms with van der Waals surface area (Å²) in [6, 6.07) is 12.3. The first kappa shape index (κ1) is 12.1. The Morgan fingerprint density at radius 2 is 1.84 bits per heavy atom. The summed E-state index contributed by atoms with van der Waals surface area (Å²) in [5.74, 6) is 0.551. The van der Waals surface area contributed by atoms with Crippen molar-refractivity contribution in [3.05, 3.63) is 42.0 Å². The van der Waals surface area contributed by atoms with E-state index in [-0.39, 0.29) is 0 Å². The first-order chi connectivity index (χ1) is 9.22. The number of hydrogen-bond donors (Lipinski definition) is 0. The molecule has 0 saturated carbocycles. The lowest BCUT2D eigenvalue weighted by atomic mass is 10.0. The Morgan fingerprint density at radius 3 is 2.58 bits per heavy atom. The summed E-state index contributed by atoms with van der Waals surface area (Å²) in [6.45, 7) is 4.38. The molecule has 0 fully saturated rings. The predicted molar refractivity (Wildman–Crippen MR) is 73.2 cm³/mol. The van der Waals surface area contributed by atoms with Gasteiger partial charge in [-0.1, -0.05) is 37.7 Å². The SMILES string of the molecule is CC(C)c1ccc(Sc2ccc3nnnn3n2)cc1. The van der Waals surface area contributed by atoms with Gasteiger partial charge in [-0.15, -0.1) is 14.8 Å². The van der Waals surface area contributed by atoms with Crippen LogP contribution in [0.5, 0.6) is 0 Å². The molecule has 2 aromatic heterocycles. The highest BCUT2D eigenvalue weighted by molar-refractivity contribution is 7.99. The minimum atomic E-state index is 0.551. The van der Waals surface area contributed by atoms with Crippen LogP contribution < -0.4 is 0 Å². The molecule has 19 heavy (non-hydrogen) atoms. The van der Waals surface area contributed by atoms with Gasteiger partial charge in [0.05, 0.1) is 0 Å². The second-order valence-corrected chi connectivity index (χ2v) is 5.62. The van der Waals surface area contributed by atoms with Gasteiger partial charge in [0.2, 0.25) is 0 Å². The van der Waals surface area contributed by atoms with E-state index in [0.717, 1.165) is 9.92 Å². The minimum absolute atomic E-state index is 0.551. The van der Waals surface area contributed by atoms with E-state index < -0.39 is 0 Å². The quantitative estimate of drug-likeness (QED) is 0.733. The Balaban J connectivity index is 1.83. The van der Waals surface area contributed by atoms with Crippen molar-refractivity contribution in [2.24, 2.45) is 0 Å². The van der Waals surface area contributed by atoms with E-state index in [2.05, 4.69) is 58.7 Å². The molecule has 5 nitrogen and oxygen atoms in total. The molecule has 0 bridgehead atoms. The van der Waals surface area contributed by atoms with Gasteiger partial charge in [-0.05, 0) is 46.2 Å². The number of aromatic nitrogens is 5. The molecule has 0 saturated heterocycles. The predicted octanol–water partition coefficient (Wildman–Crippen LogP) is 2.79. The Bertz CT molecular complexity index is 690. The van der Waals surface area contributed by atoms with E-state index in [1.54, 1.807) is 11.8 Å². The molecule has 0 radical (unpaired) electrons. The van der Waals surface area contributed by atoms with Gasteiger partial charge in [0.25, 0.3) is 0 Å². The molecule has 0 unspecified atom stereocenters. The van der Waals surface area contributed by atoms with Crippen LogP contribution in [0.4, 0.5) is 0 Å². The minimum Gasteiger partial charge on any atom is -0.140 e. The first-order valence-electron chi connectivity index (χ1n) is 6.05. The molecule has 0 aliphatic carbocycles. The lowest BCUT2D eigenvalue weighted by Crippen LogP contribution is -1.95. The number of benzene rings is 1. The van der Waals surface area contributed by atoms with Gasteiger partial charge in [0.1, 0.15) is 5.03 Å². The van der Waals surface area contributed by atoms with Crippen LogP contribution in [0, 0.1) is 0 Å². The molecule has 3 aromatic rings. The average Bonchev–Trinajstić information content (AvgIpc) is 2.87. The van der Waals surface area contributed by atoms with Gasteiger partial charge in [0.15, 0.2) is 5.65 Å². The van der Waals surface area contributed by atoms with Crippen molar-refractivity contribution < 1.29 is 0 Å². The topological polar surface area (TPSA) is 56.0 Å². The fraction of sp³-hybridized carbons (Fsp3) is 0.231. The van der Waals surface area contributed by atoms with Gasteiger partial charge in [0, 0.05) is 4.90 Å². The highest BCUT2D eigenvalue weighted by atomic mass is 32.2. The van der Waals surface area contributed by atoms with E-state index in [4.69, 9.17) is 0 Å². The maximum Gasteiger partial charge on any atom is 0.200 e. The van der Waals surface area contributed by atoms with Crippen LogP contribution in [-0.4, -0.2) is 25.3 Å². The molecule has 0 aliphatic rings. The van der Waals surface area contributed by atoms with Crippen molar-refractivity contribution >= 4 is 17.4 Å². The summed E-state index contributed by atoms with van der Waals surface area (Å²) in [5, 5.41) is 16.4. The summed E-state index contributed by atoms with van der Waals surface area (Å²) < 4.78 is 1.44. The van der Waals surface area contributed by atoms with Gasteiger partial charge in [-0.3, -0.25) is 0 Å². The van der Waals surface area contributed by atoms with Gasteiger partial charge in [-0.2, -0.15) is 0 Å². The third-order valence-electron chi connectivity index (χ3n) is 2.81. The summed E-state index contributed by atoms with van der Waals surface area (Å²) in [7, 11) is 0. The number of tetrazole rings is 1. The molecule has 0 N–H and O–H groups in total.